The van der Waals surface area contributed by atoms with Crippen LogP contribution in [-0.4, -0.2) is 22.1 Å². The molecule has 0 spiro atoms. The van der Waals surface area contributed by atoms with Crippen molar-refractivity contribution >= 4 is 38.9 Å². The number of hydrogen-bond acceptors (Lipinski definition) is 3. The summed E-state index contributed by atoms with van der Waals surface area (Å²) >= 11 is 9.24. The molecule has 1 heterocycles. The van der Waals surface area contributed by atoms with Gasteiger partial charge in [0.1, 0.15) is 5.75 Å². The molecule has 0 amide bonds. The van der Waals surface area contributed by atoms with Gasteiger partial charge >= 0.3 is 0 Å². The van der Waals surface area contributed by atoms with Crippen molar-refractivity contribution in [1.29, 1.82) is 0 Å². The number of ether oxygens (including phenoxy) is 1. The second-order valence-electron chi connectivity index (χ2n) is 6.48. The van der Waals surface area contributed by atoms with Crippen molar-refractivity contribution in [2.75, 3.05) is 12.4 Å². The smallest absolute Gasteiger partial charge is 0.174 e. The Morgan fingerprint density at radius 1 is 1.11 bits per heavy atom. The van der Waals surface area contributed by atoms with Gasteiger partial charge in [-0.25, -0.2) is 0 Å². The Morgan fingerprint density at radius 3 is 2.54 bits per heavy atom. The van der Waals surface area contributed by atoms with Crippen LogP contribution in [0.3, 0.4) is 0 Å². The standard InChI is InChI=1S/C22H22BrN3OS/c1-16-5-10-20(21(12-16)27-2)25-22(28)26(15-18-4-3-11-24-13-18)14-17-6-8-19(23)9-7-17/h3-13H,14-15H2,1-2H3,(H,25,28). The number of thiocarbonyl (C=S) groups is 1. The minimum absolute atomic E-state index is 0.633. The Balaban J connectivity index is 1.82. The van der Waals surface area contributed by atoms with Gasteiger partial charge in [-0.3, -0.25) is 4.98 Å². The maximum atomic E-state index is 5.75. The number of pyridine rings is 1. The van der Waals surface area contributed by atoms with E-state index in [4.69, 9.17) is 17.0 Å². The van der Waals surface area contributed by atoms with Crippen LogP contribution in [0.1, 0.15) is 16.7 Å². The first-order valence-electron chi connectivity index (χ1n) is 8.89. The van der Waals surface area contributed by atoms with Crippen LogP contribution in [0.2, 0.25) is 0 Å². The number of nitrogens with one attached hydrogen (secondary N) is 1. The second-order valence-corrected chi connectivity index (χ2v) is 7.78. The fourth-order valence-electron chi connectivity index (χ4n) is 2.82. The molecule has 6 heteroatoms. The summed E-state index contributed by atoms with van der Waals surface area (Å²) in [6.07, 6.45) is 3.64. The molecule has 0 aliphatic rings. The zero-order chi connectivity index (χ0) is 19.9. The number of methoxy groups -OCH3 is 1. The van der Waals surface area contributed by atoms with E-state index in [0.29, 0.717) is 18.2 Å². The molecule has 28 heavy (non-hydrogen) atoms. The van der Waals surface area contributed by atoms with Crippen molar-refractivity contribution in [1.82, 2.24) is 9.88 Å². The van der Waals surface area contributed by atoms with E-state index in [9.17, 15) is 0 Å². The molecule has 0 saturated carbocycles. The highest BCUT2D eigenvalue weighted by molar-refractivity contribution is 9.10. The lowest BCUT2D eigenvalue weighted by molar-refractivity contribution is 0.408. The van der Waals surface area contributed by atoms with Crippen molar-refractivity contribution in [2.45, 2.75) is 20.0 Å². The molecule has 0 saturated heterocycles. The summed E-state index contributed by atoms with van der Waals surface area (Å²) in [6, 6.07) is 18.3. The number of rotatable bonds is 6. The largest absolute Gasteiger partial charge is 0.495 e. The van der Waals surface area contributed by atoms with Gasteiger partial charge in [-0.05, 0) is 66.2 Å². The van der Waals surface area contributed by atoms with E-state index in [2.05, 4.69) is 49.3 Å². The summed E-state index contributed by atoms with van der Waals surface area (Å²) in [7, 11) is 1.66. The van der Waals surface area contributed by atoms with Gasteiger partial charge in [0.05, 0.1) is 12.8 Å². The summed E-state index contributed by atoms with van der Waals surface area (Å²) in [5, 5.41) is 3.98. The number of aromatic nitrogens is 1. The second kappa shape index (κ2) is 9.66. The maximum Gasteiger partial charge on any atom is 0.174 e. The molecule has 0 radical (unpaired) electrons. The molecule has 3 rings (SSSR count). The van der Waals surface area contributed by atoms with Gasteiger partial charge in [-0.15, -0.1) is 0 Å². The molecule has 0 bridgehead atoms. The maximum absolute atomic E-state index is 5.75. The molecule has 144 valence electrons. The minimum atomic E-state index is 0.633. The highest BCUT2D eigenvalue weighted by Gasteiger charge is 2.14. The summed E-state index contributed by atoms with van der Waals surface area (Å²) in [5.41, 5.74) is 4.26. The molecular weight excluding hydrogens is 434 g/mol. The SMILES string of the molecule is COc1cc(C)ccc1NC(=S)N(Cc1ccc(Br)cc1)Cc1cccnc1. The fourth-order valence-corrected chi connectivity index (χ4v) is 3.32. The van der Waals surface area contributed by atoms with Gasteiger partial charge in [-0.2, -0.15) is 0 Å². The van der Waals surface area contributed by atoms with Gasteiger partial charge in [0.15, 0.2) is 5.11 Å². The third kappa shape index (κ3) is 5.53. The minimum Gasteiger partial charge on any atom is -0.495 e. The van der Waals surface area contributed by atoms with Crippen molar-refractivity contribution in [3.05, 3.63) is 88.2 Å². The number of benzene rings is 2. The Kier molecular flexibility index (Phi) is 7.01. The first kappa shape index (κ1) is 20.3. The van der Waals surface area contributed by atoms with Gasteiger partial charge in [0.2, 0.25) is 0 Å². The van der Waals surface area contributed by atoms with Crippen molar-refractivity contribution in [3.8, 4) is 5.75 Å². The number of hydrogen-bond donors (Lipinski definition) is 1. The number of halogens is 1. The van der Waals surface area contributed by atoms with Crippen LogP contribution in [0.15, 0.2) is 71.5 Å². The summed E-state index contributed by atoms with van der Waals surface area (Å²) in [6.45, 7) is 3.37. The predicted molar refractivity (Wildman–Crippen MR) is 122 cm³/mol. The highest BCUT2D eigenvalue weighted by Crippen LogP contribution is 2.26. The van der Waals surface area contributed by atoms with Crippen LogP contribution in [0.5, 0.6) is 5.75 Å². The number of anilines is 1. The van der Waals surface area contributed by atoms with Crippen LogP contribution in [-0.2, 0) is 13.1 Å². The Labute approximate surface area is 179 Å². The van der Waals surface area contributed by atoms with E-state index in [-0.39, 0.29) is 0 Å². The molecule has 0 aliphatic heterocycles. The Bertz CT molecular complexity index is 932. The molecule has 1 N–H and O–H groups in total. The van der Waals surface area contributed by atoms with Gasteiger partial charge in [-0.1, -0.05) is 40.2 Å². The third-order valence-corrected chi connectivity index (χ3v) is 5.16. The summed E-state index contributed by atoms with van der Waals surface area (Å²) in [4.78, 5) is 6.34. The van der Waals surface area contributed by atoms with Crippen LogP contribution in [0.25, 0.3) is 0 Å². The van der Waals surface area contributed by atoms with Crippen molar-refractivity contribution < 1.29 is 4.74 Å². The van der Waals surface area contributed by atoms with Crippen LogP contribution in [0, 0.1) is 6.92 Å². The molecule has 2 aromatic carbocycles. The first-order chi connectivity index (χ1) is 13.5. The third-order valence-electron chi connectivity index (χ3n) is 4.27. The molecular formula is C22H22BrN3OS. The van der Waals surface area contributed by atoms with Gasteiger partial charge < -0.3 is 15.0 Å². The lowest BCUT2D eigenvalue weighted by Gasteiger charge is -2.26. The van der Waals surface area contributed by atoms with Crippen molar-refractivity contribution in [2.24, 2.45) is 0 Å². The molecule has 4 nitrogen and oxygen atoms in total. The Hall–Kier alpha value is -2.44. The summed E-state index contributed by atoms with van der Waals surface area (Å²) in [5.74, 6) is 0.771. The van der Waals surface area contributed by atoms with Crippen LogP contribution in [0.4, 0.5) is 5.69 Å². The monoisotopic (exact) mass is 455 g/mol. The Morgan fingerprint density at radius 2 is 1.86 bits per heavy atom. The van der Waals surface area contributed by atoms with Gasteiger partial charge in [0, 0.05) is 30.0 Å². The average molecular weight is 456 g/mol. The zero-order valence-corrected chi connectivity index (χ0v) is 18.3. The van der Waals surface area contributed by atoms with E-state index in [1.54, 1.807) is 13.3 Å². The van der Waals surface area contributed by atoms with Gasteiger partial charge in [0.25, 0.3) is 0 Å². The molecule has 1 aromatic heterocycles. The topological polar surface area (TPSA) is 37.4 Å². The quantitative estimate of drug-likeness (QED) is 0.492. The van der Waals surface area contributed by atoms with E-state index in [0.717, 1.165) is 27.0 Å². The van der Waals surface area contributed by atoms with E-state index in [1.807, 2.05) is 49.5 Å². The molecule has 0 fully saturated rings. The average Bonchev–Trinajstić information content (AvgIpc) is 2.71. The predicted octanol–water partition coefficient (Wildman–Crippen LogP) is 5.56. The lowest BCUT2D eigenvalue weighted by atomic mass is 10.2. The first-order valence-corrected chi connectivity index (χ1v) is 10.1. The van der Waals surface area contributed by atoms with E-state index in [1.165, 1.54) is 5.56 Å². The van der Waals surface area contributed by atoms with Crippen LogP contribution >= 0.6 is 28.1 Å². The molecule has 0 atom stereocenters. The summed E-state index contributed by atoms with van der Waals surface area (Å²) < 4.78 is 6.56. The number of aryl methyl sites for hydroxylation is 1. The highest BCUT2D eigenvalue weighted by atomic mass is 79.9. The number of nitrogens with zero attached hydrogens (tertiary/aromatic N) is 2. The molecule has 0 aliphatic carbocycles. The normalized spacial score (nSPS) is 10.4. The van der Waals surface area contributed by atoms with Crippen LogP contribution < -0.4 is 10.1 Å². The van der Waals surface area contributed by atoms with Crippen molar-refractivity contribution in [3.63, 3.8) is 0 Å². The van der Waals surface area contributed by atoms with E-state index >= 15 is 0 Å². The fraction of sp³-hybridized carbons (Fsp3) is 0.182. The zero-order valence-electron chi connectivity index (χ0n) is 15.9. The molecule has 0 unspecified atom stereocenters. The lowest BCUT2D eigenvalue weighted by Crippen LogP contribution is -2.34. The van der Waals surface area contributed by atoms with E-state index < -0.39 is 0 Å². The molecule has 3 aromatic rings.